The first-order valence-corrected chi connectivity index (χ1v) is 10.4. The van der Waals surface area contributed by atoms with Crippen LogP contribution in [0.2, 0.25) is 0 Å². The van der Waals surface area contributed by atoms with Gasteiger partial charge in [0, 0.05) is 43.0 Å². The van der Waals surface area contributed by atoms with E-state index in [0.717, 1.165) is 34.9 Å². The minimum atomic E-state index is -0.205. The summed E-state index contributed by atoms with van der Waals surface area (Å²) in [6.45, 7) is 4.57. The standard InChI is InChI=1S/C26H28N2O3/c1-26(2)16-20-6-5-7-23(24(20)31-26)30-17-18-8-10-19(11-9-18)25(29)27-21-12-14-22(15-13-21)28(3)4/h5-15H,16-17H2,1-4H3,(H,27,29). The molecule has 1 amide bonds. The number of hydrogen-bond acceptors (Lipinski definition) is 4. The van der Waals surface area contributed by atoms with Crippen LogP contribution in [-0.4, -0.2) is 25.6 Å². The molecule has 5 heteroatoms. The van der Waals surface area contributed by atoms with Gasteiger partial charge in [0.05, 0.1) is 0 Å². The molecule has 1 aliphatic rings. The van der Waals surface area contributed by atoms with Crippen molar-refractivity contribution in [1.82, 2.24) is 0 Å². The second-order valence-electron chi connectivity index (χ2n) is 8.66. The lowest BCUT2D eigenvalue weighted by Crippen LogP contribution is -2.24. The number of ether oxygens (including phenoxy) is 2. The van der Waals surface area contributed by atoms with Gasteiger partial charge in [-0.3, -0.25) is 4.79 Å². The van der Waals surface area contributed by atoms with E-state index in [4.69, 9.17) is 9.47 Å². The molecule has 1 aliphatic heterocycles. The van der Waals surface area contributed by atoms with Crippen LogP contribution in [0, 0.1) is 0 Å². The Morgan fingerprint density at radius 1 is 1.03 bits per heavy atom. The van der Waals surface area contributed by atoms with Crippen molar-refractivity contribution in [2.24, 2.45) is 0 Å². The second-order valence-corrected chi connectivity index (χ2v) is 8.66. The molecule has 1 N–H and O–H groups in total. The van der Waals surface area contributed by atoms with Crippen molar-refractivity contribution in [2.45, 2.75) is 32.5 Å². The van der Waals surface area contributed by atoms with Crippen LogP contribution in [0.1, 0.15) is 35.3 Å². The van der Waals surface area contributed by atoms with Crippen molar-refractivity contribution in [1.29, 1.82) is 0 Å². The van der Waals surface area contributed by atoms with Crippen LogP contribution in [-0.2, 0) is 13.0 Å². The molecule has 3 aromatic rings. The Hall–Kier alpha value is -3.47. The van der Waals surface area contributed by atoms with E-state index in [1.54, 1.807) is 0 Å². The third kappa shape index (κ3) is 4.82. The number of nitrogens with zero attached hydrogens (tertiary/aromatic N) is 1. The van der Waals surface area contributed by atoms with Crippen molar-refractivity contribution < 1.29 is 14.3 Å². The summed E-state index contributed by atoms with van der Waals surface area (Å²) < 4.78 is 12.1. The van der Waals surface area contributed by atoms with E-state index < -0.39 is 0 Å². The zero-order valence-corrected chi connectivity index (χ0v) is 18.4. The number of para-hydroxylation sites is 1. The average Bonchev–Trinajstić information content (AvgIpc) is 3.07. The van der Waals surface area contributed by atoms with Gasteiger partial charge < -0.3 is 19.7 Å². The van der Waals surface area contributed by atoms with E-state index in [0.29, 0.717) is 12.2 Å². The summed E-state index contributed by atoms with van der Waals surface area (Å²) in [4.78, 5) is 14.6. The Morgan fingerprint density at radius 3 is 2.42 bits per heavy atom. The van der Waals surface area contributed by atoms with Crippen LogP contribution in [0.25, 0.3) is 0 Å². The number of rotatable bonds is 6. The summed E-state index contributed by atoms with van der Waals surface area (Å²) in [6.07, 6.45) is 0.876. The van der Waals surface area contributed by atoms with E-state index in [1.165, 1.54) is 5.56 Å². The molecule has 31 heavy (non-hydrogen) atoms. The maximum atomic E-state index is 12.5. The summed E-state index contributed by atoms with van der Waals surface area (Å²) in [6, 6.07) is 21.2. The number of anilines is 2. The zero-order valence-electron chi connectivity index (χ0n) is 18.4. The maximum absolute atomic E-state index is 12.5. The van der Waals surface area contributed by atoms with Crippen molar-refractivity contribution in [3.8, 4) is 11.5 Å². The van der Waals surface area contributed by atoms with Gasteiger partial charge >= 0.3 is 0 Å². The molecule has 0 atom stereocenters. The average molecular weight is 417 g/mol. The Balaban J connectivity index is 1.37. The van der Waals surface area contributed by atoms with Crippen molar-refractivity contribution >= 4 is 17.3 Å². The Bertz CT molecular complexity index is 1070. The largest absolute Gasteiger partial charge is 0.485 e. The van der Waals surface area contributed by atoms with E-state index in [-0.39, 0.29) is 11.5 Å². The van der Waals surface area contributed by atoms with E-state index in [1.807, 2.05) is 79.7 Å². The van der Waals surface area contributed by atoms with Gasteiger partial charge in [-0.05, 0) is 61.9 Å². The van der Waals surface area contributed by atoms with Gasteiger partial charge in [-0.25, -0.2) is 0 Å². The monoisotopic (exact) mass is 416 g/mol. The van der Waals surface area contributed by atoms with Crippen LogP contribution < -0.4 is 19.7 Å². The highest BCUT2D eigenvalue weighted by atomic mass is 16.5. The quantitative estimate of drug-likeness (QED) is 0.593. The zero-order chi connectivity index (χ0) is 22.0. The Morgan fingerprint density at radius 2 is 1.74 bits per heavy atom. The molecular weight excluding hydrogens is 388 g/mol. The lowest BCUT2D eigenvalue weighted by Gasteiger charge is -2.18. The third-order valence-electron chi connectivity index (χ3n) is 5.31. The number of nitrogens with one attached hydrogen (secondary N) is 1. The molecular formula is C26H28N2O3. The number of fused-ring (bicyclic) bond motifs is 1. The first kappa shape index (κ1) is 20.8. The van der Waals surface area contributed by atoms with Crippen LogP contribution in [0.5, 0.6) is 11.5 Å². The van der Waals surface area contributed by atoms with Gasteiger partial charge in [-0.15, -0.1) is 0 Å². The van der Waals surface area contributed by atoms with Crippen LogP contribution in [0.3, 0.4) is 0 Å². The predicted molar refractivity (Wildman–Crippen MR) is 124 cm³/mol. The van der Waals surface area contributed by atoms with E-state index >= 15 is 0 Å². The highest BCUT2D eigenvalue weighted by Crippen LogP contribution is 2.41. The van der Waals surface area contributed by atoms with Gasteiger partial charge in [0.25, 0.3) is 5.91 Å². The predicted octanol–water partition coefficient (Wildman–Crippen LogP) is 5.30. The van der Waals surface area contributed by atoms with Crippen molar-refractivity contribution in [3.05, 3.63) is 83.4 Å². The topological polar surface area (TPSA) is 50.8 Å². The van der Waals surface area contributed by atoms with Gasteiger partial charge in [0.1, 0.15) is 12.2 Å². The fourth-order valence-electron chi connectivity index (χ4n) is 3.66. The molecule has 0 spiro atoms. The molecule has 0 unspecified atom stereocenters. The molecule has 0 bridgehead atoms. The highest BCUT2D eigenvalue weighted by Gasteiger charge is 2.32. The number of benzene rings is 3. The molecule has 0 aromatic heterocycles. The molecule has 0 aliphatic carbocycles. The SMILES string of the molecule is CN(C)c1ccc(NC(=O)c2ccc(COc3cccc4c3OC(C)(C)C4)cc2)cc1. The van der Waals surface area contributed by atoms with Gasteiger partial charge in [-0.1, -0.05) is 24.3 Å². The molecule has 0 fully saturated rings. The molecule has 1 heterocycles. The van der Waals surface area contributed by atoms with E-state index in [9.17, 15) is 4.79 Å². The molecule has 0 saturated heterocycles. The smallest absolute Gasteiger partial charge is 0.255 e. The molecule has 4 rings (SSSR count). The molecule has 0 saturated carbocycles. The molecule has 5 nitrogen and oxygen atoms in total. The van der Waals surface area contributed by atoms with E-state index in [2.05, 4.69) is 25.2 Å². The molecule has 0 radical (unpaired) electrons. The highest BCUT2D eigenvalue weighted by molar-refractivity contribution is 6.04. The summed E-state index contributed by atoms with van der Waals surface area (Å²) in [7, 11) is 3.97. The fourth-order valence-corrected chi connectivity index (χ4v) is 3.66. The number of carbonyl (C=O) groups is 1. The van der Waals surface area contributed by atoms with Crippen LogP contribution in [0.15, 0.2) is 66.7 Å². The van der Waals surface area contributed by atoms with Gasteiger partial charge in [0.2, 0.25) is 0 Å². The summed E-state index contributed by atoms with van der Waals surface area (Å²) in [5.74, 6) is 1.46. The lowest BCUT2D eigenvalue weighted by molar-refractivity contribution is 0.102. The van der Waals surface area contributed by atoms with Crippen LogP contribution >= 0.6 is 0 Å². The minimum absolute atomic E-state index is 0.137. The van der Waals surface area contributed by atoms with Crippen molar-refractivity contribution in [2.75, 3.05) is 24.3 Å². The first-order chi connectivity index (χ1) is 14.8. The molecule has 160 valence electrons. The Labute approximate surface area is 183 Å². The summed E-state index contributed by atoms with van der Waals surface area (Å²) in [5.41, 5.74) is 4.41. The first-order valence-electron chi connectivity index (χ1n) is 10.4. The lowest BCUT2D eigenvalue weighted by atomic mass is 10.0. The number of amides is 1. The second kappa shape index (κ2) is 8.34. The normalized spacial score (nSPS) is 13.8. The summed E-state index contributed by atoms with van der Waals surface area (Å²) in [5, 5.41) is 2.93. The van der Waals surface area contributed by atoms with Gasteiger partial charge in [0.15, 0.2) is 11.5 Å². The minimum Gasteiger partial charge on any atom is -0.485 e. The van der Waals surface area contributed by atoms with Gasteiger partial charge in [-0.2, -0.15) is 0 Å². The number of carbonyl (C=O) groups excluding carboxylic acids is 1. The third-order valence-corrected chi connectivity index (χ3v) is 5.31. The summed E-state index contributed by atoms with van der Waals surface area (Å²) >= 11 is 0. The maximum Gasteiger partial charge on any atom is 0.255 e. The fraction of sp³-hybridized carbons (Fsp3) is 0.269. The number of hydrogen-bond donors (Lipinski definition) is 1. The Kier molecular flexibility index (Phi) is 5.59. The van der Waals surface area contributed by atoms with Crippen LogP contribution in [0.4, 0.5) is 11.4 Å². The van der Waals surface area contributed by atoms with Crippen molar-refractivity contribution in [3.63, 3.8) is 0 Å². The molecule has 3 aromatic carbocycles.